The van der Waals surface area contributed by atoms with Crippen LogP contribution in [0.4, 0.5) is 0 Å². The average molecular weight is 355 g/mol. The summed E-state index contributed by atoms with van der Waals surface area (Å²) >= 11 is 0. The third-order valence-electron chi connectivity index (χ3n) is 5.88. The van der Waals surface area contributed by atoms with E-state index >= 15 is 0 Å². The van der Waals surface area contributed by atoms with E-state index < -0.39 is 0 Å². The predicted molar refractivity (Wildman–Crippen MR) is 99.0 cm³/mol. The van der Waals surface area contributed by atoms with E-state index in [1.165, 1.54) is 0 Å². The summed E-state index contributed by atoms with van der Waals surface area (Å²) in [6, 6.07) is 7.50. The number of carbonyl (C=O) groups is 1. The number of hydrogen-bond donors (Lipinski definition) is 0. The lowest BCUT2D eigenvalue weighted by Crippen LogP contribution is -2.49. The maximum absolute atomic E-state index is 13.0. The maximum atomic E-state index is 13.0. The molecular weight excluding hydrogens is 330 g/mol. The monoisotopic (exact) mass is 355 g/mol. The predicted octanol–water partition coefficient (Wildman–Crippen LogP) is 2.12. The Balaban J connectivity index is 1.59. The van der Waals surface area contributed by atoms with Crippen molar-refractivity contribution in [2.75, 3.05) is 26.3 Å². The van der Waals surface area contributed by atoms with E-state index in [1.54, 1.807) is 11.5 Å². The lowest BCUT2D eigenvalue weighted by molar-refractivity contribution is -0.137. The van der Waals surface area contributed by atoms with Gasteiger partial charge in [-0.15, -0.1) is 0 Å². The molecule has 0 unspecified atom stereocenters. The van der Waals surface area contributed by atoms with Crippen molar-refractivity contribution < 1.29 is 9.53 Å². The number of fused-ring (bicyclic) bond motifs is 1. The van der Waals surface area contributed by atoms with Crippen molar-refractivity contribution in [2.24, 2.45) is 5.41 Å². The first-order valence-corrected chi connectivity index (χ1v) is 9.40. The second-order valence-electron chi connectivity index (χ2n) is 7.61. The zero-order valence-electron chi connectivity index (χ0n) is 15.2. The van der Waals surface area contributed by atoms with Gasteiger partial charge >= 0.3 is 0 Å². The molecule has 6 nitrogen and oxygen atoms in total. The number of piperidine rings is 1. The first-order chi connectivity index (χ1) is 12.6. The van der Waals surface area contributed by atoms with Crippen LogP contribution < -0.4 is 5.56 Å². The summed E-state index contributed by atoms with van der Waals surface area (Å²) in [5, 5.41) is 0. The van der Waals surface area contributed by atoms with Crippen molar-refractivity contribution in [1.82, 2.24) is 14.5 Å². The van der Waals surface area contributed by atoms with Gasteiger partial charge in [0.1, 0.15) is 12.2 Å². The second kappa shape index (κ2) is 6.83. The second-order valence-corrected chi connectivity index (χ2v) is 7.61. The smallest absolute Gasteiger partial charge is 0.272 e. The molecule has 2 aliphatic heterocycles. The van der Waals surface area contributed by atoms with E-state index in [9.17, 15) is 9.59 Å². The van der Waals surface area contributed by atoms with Gasteiger partial charge in [-0.1, -0.05) is 12.1 Å². The van der Waals surface area contributed by atoms with Crippen molar-refractivity contribution in [1.29, 1.82) is 0 Å². The maximum Gasteiger partial charge on any atom is 0.272 e. The fourth-order valence-electron chi connectivity index (χ4n) is 4.35. The van der Waals surface area contributed by atoms with E-state index in [-0.39, 0.29) is 23.4 Å². The molecule has 1 amide bonds. The molecule has 138 valence electrons. The minimum Gasteiger partial charge on any atom is -0.381 e. The Labute approximate surface area is 152 Å². The Kier molecular flexibility index (Phi) is 4.53. The quantitative estimate of drug-likeness (QED) is 0.828. The molecule has 2 aromatic rings. The summed E-state index contributed by atoms with van der Waals surface area (Å²) in [5.74, 6) is 0.0217. The molecule has 0 radical (unpaired) electrons. The lowest BCUT2D eigenvalue weighted by atomic mass is 9.74. The molecule has 1 aromatic carbocycles. The molecule has 1 aromatic heterocycles. The standard InChI is InChI=1S/C20H25N3O3/c1-15-19(25)23(17-6-3-2-5-16(17)21-15)13-18(24)22-10-4-7-20(14-22)8-11-26-12-9-20/h2-3,5-6H,4,7-14H2,1H3. The number of carbonyl (C=O) groups excluding carboxylic acids is 1. The molecule has 0 bridgehead atoms. The highest BCUT2D eigenvalue weighted by atomic mass is 16.5. The van der Waals surface area contributed by atoms with Crippen molar-refractivity contribution in [2.45, 2.75) is 39.2 Å². The molecule has 1 spiro atoms. The Hall–Kier alpha value is -2.21. The minimum absolute atomic E-state index is 0.0217. The molecule has 2 saturated heterocycles. The molecule has 2 aliphatic rings. The summed E-state index contributed by atoms with van der Waals surface area (Å²) in [7, 11) is 0. The van der Waals surface area contributed by atoms with Crippen LogP contribution in [0.25, 0.3) is 11.0 Å². The molecule has 0 aliphatic carbocycles. The minimum atomic E-state index is -0.185. The van der Waals surface area contributed by atoms with Gasteiger partial charge in [-0.05, 0) is 50.2 Å². The zero-order valence-corrected chi connectivity index (χ0v) is 15.2. The zero-order chi connectivity index (χ0) is 18.1. The fraction of sp³-hybridized carbons (Fsp3) is 0.550. The number of amides is 1. The van der Waals surface area contributed by atoms with E-state index in [1.807, 2.05) is 29.2 Å². The molecular formula is C20H25N3O3. The van der Waals surface area contributed by atoms with Crippen LogP contribution in [0.5, 0.6) is 0 Å². The van der Waals surface area contributed by atoms with Crippen LogP contribution >= 0.6 is 0 Å². The molecule has 0 atom stereocenters. The van der Waals surface area contributed by atoms with Crippen LogP contribution in [-0.2, 0) is 16.1 Å². The fourth-order valence-corrected chi connectivity index (χ4v) is 4.35. The summed E-state index contributed by atoms with van der Waals surface area (Å²) in [5.41, 5.74) is 1.91. The van der Waals surface area contributed by atoms with Gasteiger partial charge in [-0.3, -0.25) is 14.2 Å². The number of aromatic nitrogens is 2. The number of para-hydroxylation sites is 2. The van der Waals surface area contributed by atoms with Crippen LogP contribution in [-0.4, -0.2) is 46.7 Å². The normalized spacial score (nSPS) is 19.8. The van der Waals surface area contributed by atoms with E-state index in [4.69, 9.17) is 4.74 Å². The van der Waals surface area contributed by atoms with Gasteiger partial charge in [-0.2, -0.15) is 0 Å². The number of hydrogen-bond acceptors (Lipinski definition) is 4. The first-order valence-electron chi connectivity index (χ1n) is 9.40. The van der Waals surface area contributed by atoms with Gasteiger partial charge < -0.3 is 9.64 Å². The molecule has 0 saturated carbocycles. The molecule has 3 heterocycles. The van der Waals surface area contributed by atoms with Crippen molar-refractivity contribution in [3.63, 3.8) is 0 Å². The third kappa shape index (κ3) is 3.14. The van der Waals surface area contributed by atoms with Crippen molar-refractivity contribution in [3.8, 4) is 0 Å². The van der Waals surface area contributed by atoms with E-state index in [0.29, 0.717) is 11.2 Å². The van der Waals surface area contributed by atoms with Crippen molar-refractivity contribution >= 4 is 16.9 Å². The van der Waals surface area contributed by atoms with Crippen LogP contribution in [0.1, 0.15) is 31.4 Å². The Morgan fingerprint density at radius 1 is 1.23 bits per heavy atom. The van der Waals surface area contributed by atoms with Gasteiger partial charge in [0.25, 0.3) is 5.56 Å². The van der Waals surface area contributed by atoms with Crippen LogP contribution in [0.2, 0.25) is 0 Å². The Bertz CT molecular complexity index is 878. The third-order valence-corrected chi connectivity index (χ3v) is 5.88. The SMILES string of the molecule is Cc1nc2ccccc2n(CC(=O)N2CCCC3(CCOCC3)C2)c1=O. The molecule has 0 N–H and O–H groups in total. The molecule has 4 rings (SSSR count). The number of aryl methyl sites for hydroxylation is 1. The summed E-state index contributed by atoms with van der Waals surface area (Å²) < 4.78 is 7.08. The average Bonchev–Trinajstić information content (AvgIpc) is 2.66. The van der Waals surface area contributed by atoms with Crippen LogP contribution in [0.3, 0.4) is 0 Å². The summed E-state index contributed by atoms with van der Waals surface area (Å²) in [6.45, 7) is 4.92. The van der Waals surface area contributed by atoms with Gasteiger partial charge in [-0.25, -0.2) is 4.98 Å². The largest absolute Gasteiger partial charge is 0.381 e. The van der Waals surface area contributed by atoms with Crippen LogP contribution in [0, 0.1) is 12.3 Å². The Morgan fingerprint density at radius 3 is 2.81 bits per heavy atom. The number of rotatable bonds is 2. The Morgan fingerprint density at radius 2 is 2.00 bits per heavy atom. The van der Waals surface area contributed by atoms with Crippen LogP contribution in [0.15, 0.2) is 29.1 Å². The molecule has 2 fully saturated rings. The van der Waals surface area contributed by atoms with E-state index in [2.05, 4.69) is 4.98 Å². The number of likely N-dealkylation sites (tertiary alicyclic amines) is 1. The number of nitrogens with zero attached hydrogens (tertiary/aromatic N) is 3. The van der Waals surface area contributed by atoms with Crippen molar-refractivity contribution in [3.05, 3.63) is 40.3 Å². The van der Waals surface area contributed by atoms with Gasteiger partial charge in [0.2, 0.25) is 5.91 Å². The lowest BCUT2D eigenvalue weighted by Gasteiger charge is -2.45. The highest BCUT2D eigenvalue weighted by Gasteiger charge is 2.38. The molecule has 6 heteroatoms. The topological polar surface area (TPSA) is 64.4 Å². The van der Waals surface area contributed by atoms with Gasteiger partial charge in [0.05, 0.1) is 11.0 Å². The summed E-state index contributed by atoms with van der Waals surface area (Å²) in [6.07, 6.45) is 4.23. The highest BCUT2D eigenvalue weighted by molar-refractivity contribution is 5.80. The van der Waals surface area contributed by atoms with Gasteiger partial charge in [0.15, 0.2) is 0 Å². The highest BCUT2D eigenvalue weighted by Crippen LogP contribution is 2.39. The molecule has 26 heavy (non-hydrogen) atoms. The van der Waals surface area contributed by atoms with Gasteiger partial charge in [0, 0.05) is 26.3 Å². The number of ether oxygens (including phenoxy) is 1. The van der Waals surface area contributed by atoms with E-state index in [0.717, 1.165) is 57.5 Å². The first kappa shape index (κ1) is 17.2. The number of benzene rings is 1. The summed E-state index contributed by atoms with van der Waals surface area (Å²) in [4.78, 5) is 31.9.